The van der Waals surface area contributed by atoms with E-state index >= 15 is 0 Å². The summed E-state index contributed by atoms with van der Waals surface area (Å²) in [5, 5.41) is 6.89. The molecule has 1 fully saturated rings. The molecule has 4 heteroatoms. The number of rotatable bonds is 7. The van der Waals surface area contributed by atoms with E-state index in [0.29, 0.717) is 6.04 Å². The molecule has 1 atom stereocenters. The van der Waals surface area contributed by atoms with E-state index in [0.717, 1.165) is 37.8 Å². The fourth-order valence-corrected chi connectivity index (χ4v) is 3.38. The van der Waals surface area contributed by atoms with E-state index in [-0.39, 0.29) is 0 Å². The van der Waals surface area contributed by atoms with E-state index < -0.39 is 0 Å². The molecule has 2 rings (SSSR count). The zero-order chi connectivity index (χ0) is 15.6. The van der Waals surface area contributed by atoms with Crippen molar-refractivity contribution in [1.29, 1.82) is 0 Å². The van der Waals surface area contributed by atoms with E-state index in [4.69, 9.17) is 4.99 Å². The summed E-state index contributed by atoms with van der Waals surface area (Å²) in [7, 11) is 0. The first-order valence-electron chi connectivity index (χ1n) is 9.20. The maximum Gasteiger partial charge on any atom is 0.191 e. The Hall–Kier alpha value is -1.03. The number of likely N-dealkylation sites (tertiary alicyclic amines) is 1. The van der Waals surface area contributed by atoms with Gasteiger partial charge in [0.2, 0.25) is 0 Å². The molecule has 126 valence electrons. The molecule has 0 radical (unpaired) electrons. The monoisotopic (exact) mass is 306 g/mol. The number of guanidine groups is 1. The molecule has 4 nitrogen and oxygen atoms in total. The van der Waals surface area contributed by atoms with Crippen molar-refractivity contribution in [2.45, 2.75) is 58.4 Å². The second-order valence-electron chi connectivity index (χ2n) is 6.80. The third-order valence-corrected chi connectivity index (χ3v) is 4.59. The maximum atomic E-state index is 4.72. The first-order chi connectivity index (χ1) is 10.8. The Labute approximate surface area is 136 Å². The number of aliphatic imine (C=N–C) groups is 1. The zero-order valence-electron chi connectivity index (χ0n) is 14.5. The third kappa shape index (κ3) is 6.39. The van der Waals surface area contributed by atoms with Crippen molar-refractivity contribution >= 4 is 5.96 Å². The van der Waals surface area contributed by atoms with Crippen molar-refractivity contribution in [3.8, 4) is 0 Å². The number of nitrogens with zero attached hydrogens (tertiary/aromatic N) is 2. The fraction of sp³-hybridized carbons (Fsp3) is 0.833. The van der Waals surface area contributed by atoms with Gasteiger partial charge in [0.1, 0.15) is 0 Å². The number of nitrogens with one attached hydrogen (secondary N) is 2. The predicted molar refractivity (Wildman–Crippen MR) is 95.3 cm³/mol. The largest absolute Gasteiger partial charge is 0.357 e. The molecule has 0 bridgehead atoms. The molecule has 1 saturated heterocycles. The van der Waals surface area contributed by atoms with Crippen LogP contribution in [0.5, 0.6) is 0 Å². The van der Waals surface area contributed by atoms with E-state index in [1.807, 2.05) is 0 Å². The lowest BCUT2D eigenvalue weighted by Crippen LogP contribution is -2.42. The molecule has 1 aliphatic carbocycles. The van der Waals surface area contributed by atoms with Gasteiger partial charge in [-0.2, -0.15) is 0 Å². The van der Waals surface area contributed by atoms with E-state index in [1.165, 1.54) is 45.3 Å². The van der Waals surface area contributed by atoms with Gasteiger partial charge < -0.3 is 15.5 Å². The zero-order valence-corrected chi connectivity index (χ0v) is 14.5. The Morgan fingerprint density at radius 2 is 2.09 bits per heavy atom. The van der Waals surface area contributed by atoms with Crippen molar-refractivity contribution in [2.75, 3.05) is 32.7 Å². The van der Waals surface area contributed by atoms with Crippen LogP contribution in [0.3, 0.4) is 0 Å². The highest BCUT2D eigenvalue weighted by molar-refractivity contribution is 5.80. The first kappa shape index (κ1) is 17.3. The summed E-state index contributed by atoms with van der Waals surface area (Å²) in [4.78, 5) is 7.35. The van der Waals surface area contributed by atoms with E-state index in [2.05, 4.69) is 41.5 Å². The Balaban J connectivity index is 1.60. The predicted octanol–water partition coefficient (Wildman–Crippen LogP) is 2.77. The van der Waals surface area contributed by atoms with Crippen molar-refractivity contribution in [3.05, 3.63) is 12.2 Å². The van der Waals surface area contributed by atoms with Gasteiger partial charge in [-0.1, -0.05) is 19.1 Å². The van der Waals surface area contributed by atoms with Gasteiger partial charge in [0, 0.05) is 25.7 Å². The molecule has 2 aliphatic rings. The molecule has 0 aromatic carbocycles. The summed E-state index contributed by atoms with van der Waals surface area (Å²) in [5.74, 6) is 1.87. The standard InChI is InChI=1S/C18H34N4/c1-3-19-18(21-17-10-4-5-11-17)20-12-6-7-13-22-14-8-9-16(2)15-22/h4-5,16-17H,3,6-15H2,1-2H3,(H2,19,20,21). The van der Waals surface area contributed by atoms with Crippen LogP contribution in [0.4, 0.5) is 0 Å². The van der Waals surface area contributed by atoms with Gasteiger partial charge in [-0.3, -0.25) is 4.99 Å². The summed E-state index contributed by atoms with van der Waals surface area (Å²) >= 11 is 0. The molecule has 0 amide bonds. The number of hydrogen-bond acceptors (Lipinski definition) is 2. The van der Waals surface area contributed by atoms with Crippen LogP contribution in [-0.2, 0) is 0 Å². The molecule has 0 saturated carbocycles. The Morgan fingerprint density at radius 3 is 2.82 bits per heavy atom. The van der Waals surface area contributed by atoms with Crippen LogP contribution >= 0.6 is 0 Å². The van der Waals surface area contributed by atoms with Crippen LogP contribution in [0.25, 0.3) is 0 Å². The van der Waals surface area contributed by atoms with Crippen LogP contribution in [0.15, 0.2) is 17.1 Å². The Kier molecular flexibility index (Phi) is 7.78. The van der Waals surface area contributed by atoms with Crippen LogP contribution in [0, 0.1) is 5.92 Å². The molecule has 22 heavy (non-hydrogen) atoms. The minimum absolute atomic E-state index is 0.535. The second kappa shape index (κ2) is 9.88. The van der Waals surface area contributed by atoms with Gasteiger partial charge >= 0.3 is 0 Å². The number of hydrogen-bond donors (Lipinski definition) is 2. The lowest BCUT2D eigenvalue weighted by atomic mass is 10.0. The summed E-state index contributed by atoms with van der Waals surface area (Å²) in [6.07, 6.45) is 12.0. The van der Waals surface area contributed by atoms with Gasteiger partial charge in [-0.15, -0.1) is 0 Å². The van der Waals surface area contributed by atoms with Gasteiger partial charge in [0.05, 0.1) is 0 Å². The van der Waals surface area contributed by atoms with Crippen molar-refractivity contribution in [2.24, 2.45) is 10.9 Å². The quantitative estimate of drug-likeness (QED) is 0.329. The van der Waals surface area contributed by atoms with Crippen molar-refractivity contribution < 1.29 is 0 Å². The molecule has 1 heterocycles. The van der Waals surface area contributed by atoms with Crippen molar-refractivity contribution in [3.63, 3.8) is 0 Å². The first-order valence-corrected chi connectivity index (χ1v) is 9.20. The minimum atomic E-state index is 0.535. The third-order valence-electron chi connectivity index (χ3n) is 4.59. The summed E-state index contributed by atoms with van der Waals surface area (Å²) in [6, 6.07) is 0.535. The molecule has 0 spiro atoms. The van der Waals surface area contributed by atoms with E-state index in [1.54, 1.807) is 0 Å². The molecular weight excluding hydrogens is 272 g/mol. The Morgan fingerprint density at radius 1 is 1.27 bits per heavy atom. The summed E-state index contributed by atoms with van der Waals surface area (Å²) in [6.45, 7) is 10.2. The molecule has 0 aromatic heterocycles. The molecular formula is C18H34N4. The lowest BCUT2D eigenvalue weighted by Gasteiger charge is -2.30. The van der Waals surface area contributed by atoms with Gasteiger partial charge in [0.15, 0.2) is 5.96 Å². The smallest absolute Gasteiger partial charge is 0.191 e. The molecule has 2 N–H and O–H groups in total. The number of unbranched alkanes of at least 4 members (excludes halogenated alkanes) is 1. The molecule has 1 unspecified atom stereocenters. The van der Waals surface area contributed by atoms with Crippen LogP contribution in [-0.4, -0.2) is 49.6 Å². The maximum absolute atomic E-state index is 4.72. The average Bonchev–Trinajstić information content (AvgIpc) is 3.00. The minimum Gasteiger partial charge on any atom is -0.357 e. The normalized spacial score (nSPS) is 23.9. The van der Waals surface area contributed by atoms with Gasteiger partial charge in [0.25, 0.3) is 0 Å². The van der Waals surface area contributed by atoms with Gasteiger partial charge in [-0.25, -0.2) is 0 Å². The fourth-order valence-electron chi connectivity index (χ4n) is 3.38. The second-order valence-corrected chi connectivity index (χ2v) is 6.80. The molecule has 0 aromatic rings. The Bertz CT molecular complexity index is 356. The highest BCUT2D eigenvalue weighted by Crippen LogP contribution is 2.15. The van der Waals surface area contributed by atoms with Crippen LogP contribution in [0.2, 0.25) is 0 Å². The summed E-state index contributed by atoms with van der Waals surface area (Å²) < 4.78 is 0. The van der Waals surface area contributed by atoms with Crippen LogP contribution < -0.4 is 10.6 Å². The topological polar surface area (TPSA) is 39.7 Å². The van der Waals surface area contributed by atoms with Crippen molar-refractivity contribution in [1.82, 2.24) is 15.5 Å². The van der Waals surface area contributed by atoms with Crippen LogP contribution in [0.1, 0.15) is 52.4 Å². The number of piperidine rings is 1. The van der Waals surface area contributed by atoms with Gasteiger partial charge in [-0.05, 0) is 64.5 Å². The van der Waals surface area contributed by atoms with E-state index in [9.17, 15) is 0 Å². The summed E-state index contributed by atoms with van der Waals surface area (Å²) in [5.41, 5.74) is 0. The average molecular weight is 306 g/mol. The molecule has 1 aliphatic heterocycles. The lowest BCUT2D eigenvalue weighted by molar-refractivity contribution is 0.181. The SMILES string of the molecule is CCNC(=NCCCCN1CCCC(C)C1)NC1CC=CC1. The highest BCUT2D eigenvalue weighted by Gasteiger charge is 2.15. The highest BCUT2D eigenvalue weighted by atomic mass is 15.2.